The SMILES string of the molecule is CC(N)CN1CCS(=O)C(C)(C)C1. The third kappa shape index (κ3) is 3.04. The number of hydrogen-bond acceptors (Lipinski definition) is 3. The molecule has 2 unspecified atom stereocenters. The first kappa shape index (κ1) is 11.1. The van der Waals surface area contributed by atoms with Gasteiger partial charge in [0.1, 0.15) is 0 Å². The molecule has 0 aromatic carbocycles. The van der Waals surface area contributed by atoms with Gasteiger partial charge >= 0.3 is 0 Å². The van der Waals surface area contributed by atoms with Crippen LogP contribution in [0.5, 0.6) is 0 Å². The van der Waals surface area contributed by atoms with Crippen LogP contribution in [0, 0.1) is 0 Å². The molecule has 1 rings (SSSR count). The highest BCUT2D eigenvalue weighted by Gasteiger charge is 2.32. The van der Waals surface area contributed by atoms with Crippen LogP contribution in [-0.2, 0) is 10.8 Å². The van der Waals surface area contributed by atoms with E-state index in [4.69, 9.17) is 5.73 Å². The summed E-state index contributed by atoms with van der Waals surface area (Å²) in [4.78, 5) is 2.31. The van der Waals surface area contributed by atoms with E-state index in [2.05, 4.69) is 18.7 Å². The van der Waals surface area contributed by atoms with Crippen molar-refractivity contribution in [3.8, 4) is 0 Å². The molecule has 0 spiro atoms. The molecule has 3 nitrogen and oxygen atoms in total. The van der Waals surface area contributed by atoms with Gasteiger partial charge in [0, 0.05) is 42.2 Å². The second-order valence-corrected chi connectivity index (χ2v) is 6.73. The first-order chi connectivity index (χ1) is 5.92. The van der Waals surface area contributed by atoms with Gasteiger partial charge in [0.15, 0.2) is 0 Å². The molecular weight excluding hydrogens is 184 g/mol. The first-order valence-electron chi connectivity index (χ1n) is 4.78. The summed E-state index contributed by atoms with van der Waals surface area (Å²) in [5.41, 5.74) is 5.73. The molecule has 4 heteroatoms. The minimum atomic E-state index is -0.669. The highest BCUT2D eigenvalue weighted by atomic mass is 32.2. The molecule has 0 aliphatic carbocycles. The van der Waals surface area contributed by atoms with Gasteiger partial charge in [0.25, 0.3) is 0 Å². The number of hydrogen-bond donors (Lipinski definition) is 1. The van der Waals surface area contributed by atoms with E-state index in [0.717, 1.165) is 25.4 Å². The van der Waals surface area contributed by atoms with E-state index in [1.165, 1.54) is 0 Å². The molecule has 1 aliphatic rings. The number of rotatable bonds is 2. The molecule has 1 heterocycles. The van der Waals surface area contributed by atoms with Crippen LogP contribution in [0.1, 0.15) is 20.8 Å². The Balaban J connectivity index is 2.51. The summed E-state index contributed by atoms with van der Waals surface area (Å²) in [6, 6.07) is 0.210. The van der Waals surface area contributed by atoms with E-state index in [0.29, 0.717) is 0 Å². The predicted octanol–water partition coefficient (Wildman–Crippen LogP) is 0.177. The summed E-state index contributed by atoms with van der Waals surface area (Å²) in [5, 5.41) is 0. The Bertz CT molecular complexity index is 204. The van der Waals surface area contributed by atoms with E-state index in [1.807, 2.05) is 6.92 Å². The normalized spacial score (nSPS) is 31.5. The van der Waals surface area contributed by atoms with Gasteiger partial charge in [-0.05, 0) is 20.8 Å². The van der Waals surface area contributed by atoms with Crippen molar-refractivity contribution in [3.05, 3.63) is 0 Å². The molecule has 0 amide bonds. The summed E-state index contributed by atoms with van der Waals surface area (Å²) in [5.74, 6) is 0.791. The second kappa shape index (κ2) is 4.07. The molecule has 1 saturated heterocycles. The van der Waals surface area contributed by atoms with Crippen LogP contribution in [0.3, 0.4) is 0 Å². The van der Waals surface area contributed by atoms with E-state index in [9.17, 15) is 4.21 Å². The third-order valence-electron chi connectivity index (χ3n) is 2.36. The molecule has 1 aliphatic heterocycles. The summed E-state index contributed by atoms with van der Waals surface area (Å²) < 4.78 is 11.5. The van der Waals surface area contributed by atoms with Crippen LogP contribution in [0.2, 0.25) is 0 Å². The highest BCUT2D eigenvalue weighted by molar-refractivity contribution is 7.86. The highest BCUT2D eigenvalue weighted by Crippen LogP contribution is 2.19. The quantitative estimate of drug-likeness (QED) is 0.698. The largest absolute Gasteiger partial charge is 0.327 e. The average molecular weight is 204 g/mol. The Hall–Kier alpha value is 0.0700. The van der Waals surface area contributed by atoms with Gasteiger partial charge in [-0.2, -0.15) is 0 Å². The summed E-state index contributed by atoms with van der Waals surface area (Å²) >= 11 is 0. The lowest BCUT2D eigenvalue weighted by Gasteiger charge is -2.37. The van der Waals surface area contributed by atoms with Crippen molar-refractivity contribution in [3.63, 3.8) is 0 Å². The predicted molar refractivity (Wildman–Crippen MR) is 57.2 cm³/mol. The van der Waals surface area contributed by atoms with Crippen LogP contribution >= 0.6 is 0 Å². The molecule has 0 radical (unpaired) electrons. The minimum absolute atomic E-state index is 0.0624. The molecule has 2 N–H and O–H groups in total. The van der Waals surface area contributed by atoms with E-state index in [-0.39, 0.29) is 10.8 Å². The van der Waals surface area contributed by atoms with Crippen LogP contribution in [-0.4, -0.2) is 45.3 Å². The molecule has 2 atom stereocenters. The van der Waals surface area contributed by atoms with Crippen LogP contribution in [0.25, 0.3) is 0 Å². The standard InChI is InChI=1S/C9H20N2OS/c1-8(10)6-11-4-5-13(12)9(2,3)7-11/h8H,4-7,10H2,1-3H3. The molecule has 0 aromatic rings. The molecule has 0 bridgehead atoms. The molecule has 0 saturated carbocycles. The van der Waals surface area contributed by atoms with Crippen molar-refractivity contribution in [2.45, 2.75) is 31.6 Å². The Labute approximate surface area is 83.1 Å². The minimum Gasteiger partial charge on any atom is -0.327 e. The summed E-state index contributed by atoms with van der Waals surface area (Å²) in [6.07, 6.45) is 0. The van der Waals surface area contributed by atoms with Crippen molar-refractivity contribution in [1.29, 1.82) is 0 Å². The van der Waals surface area contributed by atoms with E-state index < -0.39 is 10.8 Å². The van der Waals surface area contributed by atoms with Gasteiger partial charge in [0.2, 0.25) is 0 Å². The molecule has 13 heavy (non-hydrogen) atoms. The summed E-state index contributed by atoms with van der Waals surface area (Å²) in [6.45, 7) is 8.89. The Kier molecular flexibility index (Phi) is 3.49. The van der Waals surface area contributed by atoms with Crippen LogP contribution < -0.4 is 5.73 Å². The molecule has 1 fully saturated rings. The third-order valence-corrected chi connectivity index (χ3v) is 4.27. The first-order valence-corrected chi connectivity index (χ1v) is 6.10. The maximum atomic E-state index is 11.6. The van der Waals surface area contributed by atoms with Crippen LogP contribution in [0.4, 0.5) is 0 Å². The summed E-state index contributed by atoms with van der Waals surface area (Å²) in [7, 11) is -0.669. The fraction of sp³-hybridized carbons (Fsp3) is 1.00. The lowest BCUT2D eigenvalue weighted by molar-refractivity contribution is 0.244. The van der Waals surface area contributed by atoms with Crippen molar-refractivity contribution >= 4 is 10.8 Å². The Morgan fingerprint density at radius 3 is 2.69 bits per heavy atom. The Morgan fingerprint density at radius 1 is 1.62 bits per heavy atom. The smallest absolute Gasteiger partial charge is 0.0530 e. The number of nitrogens with zero attached hydrogens (tertiary/aromatic N) is 1. The lowest BCUT2D eigenvalue weighted by atomic mass is 10.1. The van der Waals surface area contributed by atoms with Gasteiger partial charge in [-0.3, -0.25) is 9.11 Å². The zero-order valence-corrected chi connectivity index (χ0v) is 9.56. The lowest BCUT2D eigenvalue weighted by Crippen LogP contribution is -2.52. The van der Waals surface area contributed by atoms with E-state index >= 15 is 0 Å². The van der Waals surface area contributed by atoms with Gasteiger partial charge < -0.3 is 5.73 Å². The maximum Gasteiger partial charge on any atom is 0.0530 e. The van der Waals surface area contributed by atoms with Crippen molar-refractivity contribution in [2.75, 3.05) is 25.4 Å². The van der Waals surface area contributed by atoms with Gasteiger partial charge in [0.05, 0.1) is 4.75 Å². The van der Waals surface area contributed by atoms with Crippen molar-refractivity contribution < 1.29 is 4.21 Å². The molecule has 0 aromatic heterocycles. The fourth-order valence-corrected chi connectivity index (χ4v) is 3.04. The number of nitrogens with two attached hydrogens (primary N) is 1. The van der Waals surface area contributed by atoms with Crippen molar-refractivity contribution in [1.82, 2.24) is 4.90 Å². The Morgan fingerprint density at radius 2 is 2.23 bits per heavy atom. The second-order valence-electron chi connectivity index (χ2n) is 4.52. The van der Waals surface area contributed by atoms with Gasteiger partial charge in [-0.15, -0.1) is 0 Å². The fourth-order valence-electron chi connectivity index (χ4n) is 1.74. The zero-order chi connectivity index (χ0) is 10.1. The van der Waals surface area contributed by atoms with Gasteiger partial charge in [-0.1, -0.05) is 0 Å². The van der Waals surface area contributed by atoms with Gasteiger partial charge in [-0.25, -0.2) is 0 Å². The topological polar surface area (TPSA) is 46.3 Å². The average Bonchev–Trinajstić information content (AvgIpc) is 1.95. The van der Waals surface area contributed by atoms with Crippen molar-refractivity contribution in [2.24, 2.45) is 5.73 Å². The molecule has 78 valence electrons. The molecular formula is C9H20N2OS. The van der Waals surface area contributed by atoms with E-state index in [1.54, 1.807) is 0 Å². The van der Waals surface area contributed by atoms with Crippen LogP contribution in [0.15, 0.2) is 0 Å². The zero-order valence-electron chi connectivity index (χ0n) is 8.75. The maximum absolute atomic E-state index is 11.6. The monoisotopic (exact) mass is 204 g/mol.